The molecular weight excluding hydrogens is 324 g/mol. The van der Waals surface area contributed by atoms with Crippen molar-refractivity contribution in [1.82, 2.24) is 10.3 Å². The molecule has 0 aliphatic rings. The maximum absolute atomic E-state index is 12.2. The Morgan fingerprint density at radius 3 is 2.75 bits per heavy atom. The van der Waals surface area contributed by atoms with Gasteiger partial charge in [-0.25, -0.2) is 0 Å². The SMILES string of the molecule is Cc1ccc2c(CC(=O)NCC(O)c3ccc(Cl)cc3)c[nH]c2c1. The summed E-state index contributed by atoms with van der Waals surface area (Å²) in [4.78, 5) is 15.3. The van der Waals surface area contributed by atoms with Crippen LogP contribution in [0.25, 0.3) is 10.9 Å². The number of benzene rings is 2. The second kappa shape index (κ2) is 7.07. The lowest BCUT2D eigenvalue weighted by atomic mass is 10.1. The molecule has 0 aliphatic heterocycles. The highest BCUT2D eigenvalue weighted by Gasteiger charge is 2.12. The molecule has 1 atom stereocenters. The van der Waals surface area contributed by atoms with E-state index >= 15 is 0 Å². The molecule has 3 aromatic rings. The van der Waals surface area contributed by atoms with Gasteiger partial charge in [-0.05, 0) is 41.8 Å². The summed E-state index contributed by atoms with van der Waals surface area (Å²) in [5.41, 5.74) is 3.87. The first-order valence-corrected chi connectivity index (χ1v) is 8.17. The summed E-state index contributed by atoms with van der Waals surface area (Å²) in [5, 5.41) is 14.6. The van der Waals surface area contributed by atoms with Crippen LogP contribution in [0.3, 0.4) is 0 Å². The molecule has 0 fully saturated rings. The van der Waals surface area contributed by atoms with Gasteiger partial charge in [0.2, 0.25) is 5.91 Å². The van der Waals surface area contributed by atoms with Crippen LogP contribution in [-0.4, -0.2) is 22.5 Å². The molecule has 1 heterocycles. The first-order valence-electron chi connectivity index (χ1n) is 7.80. The van der Waals surface area contributed by atoms with Gasteiger partial charge in [0.25, 0.3) is 0 Å². The Hall–Kier alpha value is -2.30. The van der Waals surface area contributed by atoms with Crippen LogP contribution < -0.4 is 5.32 Å². The predicted molar refractivity (Wildman–Crippen MR) is 96.2 cm³/mol. The highest BCUT2D eigenvalue weighted by Crippen LogP contribution is 2.20. The fourth-order valence-corrected chi connectivity index (χ4v) is 2.82. The Morgan fingerprint density at radius 2 is 2.00 bits per heavy atom. The van der Waals surface area contributed by atoms with Crippen molar-refractivity contribution in [3.63, 3.8) is 0 Å². The smallest absolute Gasteiger partial charge is 0.224 e. The highest BCUT2D eigenvalue weighted by atomic mass is 35.5. The largest absolute Gasteiger partial charge is 0.387 e. The van der Waals surface area contributed by atoms with E-state index in [0.717, 1.165) is 22.0 Å². The highest BCUT2D eigenvalue weighted by molar-refractivity contribution is 6.30. The Bertz CT molecular complexity index is 855. The number of aliphatic hydroxyl groups is 1. The van der Waals surface area contributed by atoms with Crippen LogP contribution >= 0.6 is 11.6 Å². The van der Waals surface area contributed by atoms with Gasteiger partial charge in [-0.2, -0.15) is 0 Å². The Balaban J connectivity index is 1.59. The van der Waals surface area contributed by atoms with Crippen molar-refractivity contribution in [3.05, 3.63) is 70.4 Å². The van der Waals surface area contributed by atoms with Gasteiger partial charge < -0.3 is 15.4 Å². The lowest BCUT2D eigenvalue weighted by Crippen LogP contribution is -2.29. The normalized spacial score (nSPS) is 12.3. The van der Waals surface area contributed by atoms with E-state index < -0.39 is 6.10 Å². The van der Waals surface area contributed by atoms with E-state index in [2.05, 4.69) is 16.4 Å². The van der Waals surface area contributed by atoms with Crippen molar-refractivity contribution in [3.8, 4) is 0 Å². The summed E-state index contributed by atoms with van der Waals surface area (Å²) in [6.45, 7) is 2.20. The van der Waals surface area contributed by atoms with Crippen LogP contribution in [0.1, 0.15) is 22.8 Å². The molecule has 0 radical (unpaired) electrons. The number of halogens is 1. The number of H-pyrrole nitrogens is 1. The topological polar surface area (TPSA) is 65.1 Å². The minimum absolute atomic E-state index is 0.121. The van der Waals surface area contributed by atoms with Crippen molar-refractivity contribution < 1.29 is 9.90 Å². The molecule has 1 unspecified atom stereocenters. The quantitative estimate of drug-likeness (QED) is 0.664. The van der Waals surface area contributed by atoms with Gasteiger partial charge >= 0.3 is 0 Å². The van der Waals surface area contributed by atoms with E-state index in [9.17, 15) is 9.90 Å². The number of hydrogen-bond donors (Lipinski definition) is 3. The van der Waals surface area contributed by atoms with E-state index in [-0.39, 0.29) is 18.9 Å². The average Bonchev–Trinajstić information content (AvgIpc) is 2.95. The Labute approximate surface area is 145 Å². The number of aryl methyl sites for hydroxylation is 1. The van der Waals surface area contributed by atoms with Crippen LogP contribution in [0, 0.1) is 6.92 Å². The van der Waals surface area contributed by atoms with Crippen LogP contribution in [-0.2, 0) is 11.2 Å². The van der Waals surface area contributed by atoms with Crippen molar-refractivity contribution in [1.29, 1.82) is 0 Å². The Kier molecular flexibility index (Phi) is 4.88. The molecule has 0 saturated carbocycles. The predicted octanol–water partition coefficient (Wildman–Crippen LogP) is 3.52. The summed E-state index contributed by atoms with van der Waals surface area (Å²) < 4.78 is 0. The molecule has 1 amide bonds. The Morgan fingerprint density at radius 1 is 1.25 bits per heavy atom. The molecule has 24 heavy (non-hydrogen) atoms. The number of nitrogens with one attached hydrogen (secondary N) is 2. The third-order valence-electron chi connectivity index (χ3n) is 4.02. The van der Waals surface area contributed by atoms with Crippen LogP contribution in [0.4, 0.5) is 0 Å². The summed E-state index contributed by atoms with van der Waals surface area (Å²) in [5.74, 6) is -0.121. The number of rotatable bonds is 5. The second-order valence-electron chi connectivity index (χ2n) is 5.91. The summed E-state index contributed by atoms with van der Waals surface area (Å²) in [6.07, 6.45) is 1.38. The van der Waals surface area contributed by atoms with Crippen LogP contribution in [0.15, 0.2) is 48.7 Å². The lowest BCUT2D eigenvalue weighted by Gasteiger charge is -2.12. The molecule has 3 N–H and O–H groups in total. The van der Waals surface area contributed by atoms with E-state index in [1.54, 1.807) is 24.3 Å². The number of fused-ring (bicyclic) bond motifs is 1. The lowest BCUT2D eigenvalue weighted by molar-refractivity contribution is -0.120. The van der Waals surface area contributed by atoms with Crippen LogP contribution in [0.2, 0.25) is 5.02 Å². The van der Waals surface area contributed by atoms with Crippen molar-refractivity contribution >= 4 is 28.4 Å². The number of hydrogen-bond acceptors (Lipinski definition) is 2. The zero-order valence-electron chi connectivity index (χ0n) is 13.3. The third-order valence-corrected chi connectivity index (χ3v) is 4.27. The molecule has 4 nitrogen and oxygen atoms in total. The number of aromatic amines is 1. The zero-order valence-corrected chi connectivity index (χ0v) is 14.1. The molecular formula is C19H19ClN2O2. The number of aromatic nitrogens is 1. The third kappa shape index (κ3) is 3.78. The van der Waals surface area contributed by atoms with Gasteiger partial charge in [0.15, 0.2) is 0 Å². The number of amides is 1. The molecule has 5 heteroatoms. The molecule has 0 saturated heterocycles. The monoisotopic (exact) mass is 342 g/mol. The first kappa shape index (κ1) is 16.6. The molecule has 124 valence electrons. The van der Waals surface area contributed by atoms with E-state index in [0.29, 0.717) is 5.02 Å². The maximum atomic E-state index is 12.2. The molecule has 0 spiro atoms. The molecule has 1 aromatic heterocycles. The fourth-order valence-electron chi connectivity index (χ4n) is 2.70. The van der Waals surface area contributed by atoms with Crippen LogP contribution in [0.5, 0.6) is 0 Å². The molecule has 0 aliphatic carbocycles. The minimum atomic E-state index is -0.753. The summed E-state index contributed by atoms with van der Waals surface area (Å²) in [7, 11) is 0. The van der Waals surface area contributed by atoms with E-state index in [1.165, 1.54) is 5.56 Å². The van der Waals surface area contributed by atoms with E-state index in [1.807, 2.05) is 25.3 Å². The number of carbonyl (C=O) groups is 1. The molecule has 2 aromatic carbocycles. The minimum Gasteiger partial charge on any atom is -0.387 e. The van der Waals surface area contributed by atoms with Gasteiger partial charge in [0, 0.05) is 28.7 Å². The number of aliphatic hydroxyl groups excluding tert-OH is 1. The molecule has 0 bridgehead atoms. The van der Waals surface area contributed by atoms with Gasteiger partial charge in [0.1, 0.15) is 0 Å². The summed E-state index contributed by atoms with van der Waals surface area (Å²) in [6, 6.07) is 13.0. The first-order chi connectivity index (χ1) is 11.5. The van der Waals surface area contributed by atoms with E-state index in [4.69, 9.17) is 11.6 Å². The second-order valence-corrected chi connectivity index (χ2v) is 6.35. The van der Waals surface area contributed by atoms with Gasteiger partial charge in [-0.1, -0.05) is 35.9 Å². The van der Waals surface area contributed by atoms with Gasteiger partial charge in [-0.3, -0.25) is 4.79 Å². The van der Waals surface area contributed by atoms with Gasteiger partial charge in [0.05, 0.1) is 12.5 Å². The van der Waals surface area contributed by atoms with Crippen molar-refractivity contribution in [2.75, 3.05) is 6.54 Å². The fraction of sp³-hybridized carbons (Fsp3) is 0.211. The zero-order chi connectivity index (χ0) is 17.1. The average molecular weight is 343 g/mol. The standard InChI is InChI=1S/C19H19ClN2O2/c1-12-2-7-16-14(10-21-17(16)8-12)9-19(24)22-11-18(23)13-3-5-15(20)6-4-13/h2-8,10,18,21,23H,9,11H2,1H3,(H,22,24). The maximum Gasteiger partial charge on any atom is 0.224 e. The van der Waals surface area contributed by atoms with Crippen molar-refractivity contribution in [2.24, 2.45) is 0 Å². The summed E-state index contributed by atoms with van der Waals surface area (Å²) >= 11 is 5.83. The van der Waals surface area contributed by atoms with Crippen molar-refractivity contribution in [2.45, 2.75) is 19.4 Å². The van der Waals surface area contributed by atoms with Gasteiger partial charge in [-0.15, -0.1) is 0 Å². The molecule has 3 rings (SSSR count). The number of carbonyl (C=O) groups excluding carboxylic acids is 1.